The predicted octanol–water partition coefficient (Wildman–Crippen LogP) is 4.52. The number of nitrogens with two attached hydrogens (primary N) is 1. The summed E-state index contributed by atoms with van der Waals surface area (Å²) in [5, 5.41) is 18.9. The van der Waals surface area contributed by atoms with Gasteiger partial charge in [0.05, 0.1) is 0 Å². The Hall–Kier alpha value is -1.95. The molecule has 3 nitrogen and oxygen atoms in total. The average Bonchev–Trinajstić information content (AvgIpc) is 2.45. The fourth-order valence-electron chi connectivity index (χ4n) is 2.17. The number of rotatable bonds is 4. The Labute approximate surface area is 153 Å². The molecule has 0 amide bonds. The van der Waals surface area contributed by atoms with Crippen LogP contribution < -0.4 is 5.73 Å². The molecule has 0 heterocycles. The van der Waals surface area contributed by atoms with Gasteiger partial charge in [0, 0.05) is 12.1 Å². The predicted molar refractivity (Wildman–Crippen MR) is 81.9 cm³/mol. The zero-order valence-electron chi connectivity index (χ0n) is 14.4. The fourth-order valence-corrected chi connectivity index (χ4v) is 2.17. The molecule has 0 saturated carbocycles. The van der Waals surface area contributed by atoms with Crippen molar-refractivity contribution >= 4 is 11.3 Å². The number of nitrogen functional groups attached to an aromatic ring is 1. The minimum absolute atomic E-state index is 0.0765. The molecule has 1 aromatic rings. The highest BCUT2D eigenvalue weighted by molar-refractivity contribution is 5.70. The largest absolute Gasteiger partial charge is 0.426 e. The van der Waals surface area contributed by atoms with Crippen molar-refractivity contribution in [1.82, 2.24) is 0 Å². The van der Waals surface area contributed by atoms with E-state index in [1.165, 1.54) is 6.92 Å². The molecule has 1 rings (SSSR count). The Morgan fingerprint density at radius 1 is 0.929 bits per heavy atom. The number of anilines is 1. The van der Waals surface area contributed by atoms with Gasteiger partial charge in [-0.1, -0.05) is 6.07 Å². The lowest BCUT2D eigenvalue weighted by atomic mass is 9.86. The number of aliphatic hydroxyl groups is 2. The van der Waals surface area contributed by atoms with Crippen LogP contribution >= 0.6 is 0 Å². The lowest BCUT2D eigenvalue weighted by Crippen LogP contribution is -2.57. The van der Waals surface area contributed by atoms with Crippen LogP contribution in [0, 0.1) is 6.92 Å². The number of alkyl halides is 9. The number of aryl methyl sites for hydroxylation is 1. The Kier molecular flexibility index (Phi) is 6.14. The molecule has 0 spiro atoms. The average molecular weight is 425 g/mol. The summed E-state index contributed by atoms with van der Waals surface area (Å²) < 4.78 is 117. The van der Waals surface area contributed by atoms with Gasteiger partial charge in [-0.2, -0.15) is 39.5 Å². The van der Waals surface area contributed by atoms with Crippen LogP contribution in [0.5, 0.6) is 0 Å². The first-order valence-electron chi connectivity index (χ1n) is 7.46. The van der Waals surface area contributed by atoms with Crippen molar-refractivity contribution in [1.29, 1.82) is 0 Å². The van der Waals surface area contributed by atoms with Gasteiger partial charge in [-0.15, -0.1) is 0 Å². The Bertz CT molecular complexity index is 732. The van der Waals surface area contributed by atoms with Crippen LogP contribution in [0.25, 0.3) is 5.57 Å². The van der Waals surface area contributed by atoms with Crippen LogP contribution in [-0.2, 0) is 0 Å². The van der Waals surface area contributed by atoms with E-state index in [1.54, 1.807) is 0 Å². The van der Waals surface area contributed by atoms with Gasteiger partial charge in [0.15, 0.2) is 5.60 Å². The summed E-state index contributed by atoms with van der Waals surface area (Å²) in [5.41, 5.74) is -5.12. The molecular formula is C16H16F9NO2. The summed E-state index contributed by atoms with van der Waals surface area (Å²) in [4.78, 5) is 0. The molecule has 0 saturated heterocycles. The third-order valence-corrected chi connectivity index (χ3v) is 4.05. The third-order valence-electron chi connectivity index (χ3n) is 4.05. The molecule has 0 radical (unpaired) electrons. The Morgan fingerprint density at radius 3 is 1.75 bits per heavy atom. The zero-order chi connectivity index (χ0) is 22.3. The minimum atomic E-state index is -6.25. The number of halogens is 9. The normalized spacial score (nSPS) is 16.8. The second-order valence-electron chi connectivity index (χ2n) is 6.42. The van der Waals surface area contributed by atoms with Crippen molar-refractivity contribution in [2.45, 2.75) is 50.0 Å². The minimum Gasteiger partial charge on any atom is -0.399 e. The molecule has 0 aliphatic carbocycles. The molecule has 0 aromatic heterocycles. The highest BCUT2D eigenvalue weighted by atomic mass is 19.4. The Balaban J connectivity index is 3.70. The highest BCUT2D eigenvalue weighted by Gasteiger charge is 2.70. The van der Waals surface area contributed by atoms with E-state index in [2.05, 4.69) is 0 Å². The molecule has 0 bridgehead atoms. The van der Waals surface area contributed by atoms with Gasteiger partial charge in [-0.25, -0.2) is 0 Å². The van der Waals surface area contributed by atoms with Gasteiger partial charge in [0.2, 0.25) is 0 Å². The SMILES string of the molecule is Cc1cc(/C(=C/C(C)(O)C(F)(F)F)CC(O)(C(F)(F)F)C(F)(F)F)ccc1N. The summed E-state index contributed by atoms with van der Waals surface area (Å²) in [6, 6.07) is 2.88. The lowest BCUT2D eigenvalue weighted by Gasteiger charge is -2.34. The van der Waals surface area contributed by atoms with Crippen LogP contribution in [0.3, 0.4) is 0 Å². The quantitative estimate of drug-likeness (QED) is 0.491. The van der Waals surface area contributed by atoms with Crippen LogP contribution in [0.1, 0.15) is 24.5 Å². The molecule has 1 aromatic carbocycles. The standard InChI is InChI=1S/C16H16F9NO2/c1-8-5-9(3-4-11(8)26)10(6-12(2,27)14(17,18)19)7-13(28,15(20,21)22)16(23,24)25/h3-6,27-28H,7,26H2,1-2H3/b10-6+. The van der Waals surface area contributed by atoms with Crippen LogP contribution in [-0.4, -0.2) is 39.9 Å². The summed E-state index contributed by atoms with van der Waals surface area (Å²) in [5.74, 6) is 0. The molecule has 1 atom stereocenters. The van der Waals surface area contributed by atoms with E-state index in [1.807, 2.05) is 0 Å². The lowest BCUT2D eigenvalue weighted by molar-refractivity contribution is -0.365. The molecule has 4 N–H and O–H groups in total. The van der Waals surface area contributed by atoms with Crippen molar-refractivity contribution in [2.75, 3.05) is 5.73 Å². The topological polar surface area (TPSA) is 66.5 Å². The maximum Gasteiger partial charge on any atom is 0.426 e. The first-order chi connectivity index (χ1) is 12.2. The summed E-state index contributed by atoms with van der Waals surface area (Å²) >= 11 is 0. The smallest absolute Gasteiger partial charge is 0.399 e. The number of hydrogen-bond donors (Lipinski definition) is 3. The molecule has 0 aliphatic heterocycles. The van der Waals surface area contributed by atoms with Crippen molar-refractivity contribution < 1.29 is 49.7 Å². The van der Waals surface area contributed by atoms with Crippen molar-refractivity contribution in [3.8, 4) is 0 Å². The van der Waals surface area contributed by atoms with Gasteiger partial charge < -0.3 is 15.9 Å². The molecule has 0 fully saturated rings. The summed E-state index contributed by atoms with van der Waals surface area (Å²) in [6.45, 7) is 1.47. The van der Waals surface area contributed by atoms with Crippen LogP contribution in [0.2, 0.25) is 0 Å². The Morgan fingerprint density at radius 2 is 1.39 bits per heavy atom. The van der Waals surface area contributed by atoms with Gasteiger partial charge >= 0.3 is 18.5 Å². The van der Waals surface area contributed by atoms with Gasteiger partial charge in [0.1, 0.15) is 0 Å². The maximum atomic E-state index is 13.0. The second-order valence-corrected chi connectivity index (χ2v) is 6.42. The second kappa shape index (κ2) is 7.14. The summed E-state index contributed by atoms with van der Waals surface area (Å²) in [6.07, 6.45) is -20.4. The first kappa shape index (κ1) is 24.1. The van der Waals surface area contributed by atoms with Gasteiger partial charge in [0.25, 0.3) is 5.60 Å². The van der Waals surface area contributed by atoms with E-state index in [4.69, 9.17) is 5.73 Å². The van der Waals surface area contributed by atoms with E-state index in [-0.39, 0.29) is 24.3 Å². The summed E-state index contributed by atoms with van der Waals surface area (Å²) in [7, 11) is 0. The number of hydrogen-bond acceptors (Lipinski definition) is 3. The molecule has 28 heavy (non-hydrogen) atoms. The van der Waals surface area contributed by atoms with Crippen molar-refractivity contribution in [2.24, 2.45) is 0 Å². The maximum absolute atomic E-state index is 13.0. The molecule has 12 heteroatoms. The molecular weight excluding hydrogens is 409 g/mol. The first-order valence-corrected chi connectivity index (χ1v) is 7.46. The van der Waals surface area contributed by atoms with Crippen LogP contribution in [0.4, 0.5) is 45.2 Å². The van der Waals surface area contributed by atoms with E-state index >= 15 is 0 Å². The highest BCUT2D eigenvalue weighted by Crippen LogP contribution is 2.49. The van der Waals surface area contributed by atoms with Crippen molar-refractivity contribution in [3.63, 3.8) is 0 Å². The van der Waals surface area contributed by atoms with Gasteiger partial charge in [-0.3, -0.25) is 0 Å². The van der Waals surface area contributed by atoms with E-state index in [0.29, 0.717) is 0 Å². The monoisotopic (exact) mass is 425 g/mol. The van der Waals surface area contributed by atoms with Gasteiger partial charge in [-0.05, 0) is 48.8 Å². The fraction of sp³-hybridized carbons (Fsp3) is 0.500. The molecule has 160 valence electrons. The van der Waals surface area contributed by atoms with E-state index in [9.17, 15) is 49.7 Å². The van der Waals surface area contributed by atoms with Crippen molar-refractivity contribution in [3.05, 3.63) is 35.4 Å². The van der Waals surface area contributed by atoms with Crippen LogP contribution in [0.15, 0.2) is 24.3 Å². The third kappa shape index (κ3) is 4.72. The number of benzene rings is 1. The van der Waals surface area contributed by atoms with E-state index < -0.39 is 47.3 Å². The van der Waals surface area contributed by atoms with E-state index in [0.717, 1.165) is 18.2 Å². The molecule has 1 unspecified atom stereocenters. The zero-order valence-corrected chi connectivity index (χ0v) is 14.4. The molecule has 0 aliphatic rings.